The summed E-state index contributed by atoms with van der Waals surface area (Å²) < 4.78 is 2.17. The van der Waals surface area contributed by atoms with Crippen LogP contribution in [0.4, 0.5) is 0 Å². The second-order valence-electron chi connectivity index (χ2n) is 9.25. The average molecular weight is 456 g/mol. The number of aliphatic hydroxyl groups excluding tert-OH is 1. The number of allylic oxidation sites excluding steroid dienone is 8. The molecule has 0 bridgehead atoms. The molecule has 184 valence electrons. The number of amides is 1. The van der Waals surface area contributed by atoms with Crippen LogP contribution in [0.2, 0.25) is 0 Å². The van der Waals surface area contributed by atoms with E-state index in [1.165, 1.54) is 0 Å². The van der Waals surface area contributed by atoms with Crippen LogP contribution in [0.1, 0.15) is 72.6 Å². The molecule has 1 amide bonds. The van der Waals surface area contributed by atoms with E-state index in [1.807, 2.05) is 18.7 Å². The van der Waals surface area contributed by atoms with Crippen LogP contribution in [0.5, 0.6) is 0 Å². The Morgan fingerprint density at radius 2 is 1.73 bits per heavy atom. The lowest BCUT2D eigenvalue weighted by Gasteiger charge is -2.31. The molecule has 1 heterocycles. The standard InChI is InChI=1S/C28H45N3O2/c1-5-26(22-31-21-20-29-24-31)28(3,4)19-17-15-13-11-9-7-6-8-10-12-14-16-18-27(33)30-25(2)23-32/h6-7,10-13,17,19-21,24-26,32H,5,8-9,14-16,18,22-23H2,1-4H3,(H,30,33)/b7-6-,12-10-,13-11-,19-17-/t25-,26?/m1/s1. The molecule has 0 fully saturated rings. The van der Waals surface area contributed by atoms with E-state index in [1.54, 1.807) is 6.92 Å². The zero-order valence-corrected chi connectivity index (χ0v) is 21.1. The molecule has 0 spiro atoms. The fourth-order valence-corrected chi connectivity index (χ4v) is 3.66. The van der Waals surface area contributed by atoms with Gasteiger partial charge in [0, 0.05) is 31.4 Å². The highest BCUT2D eigenvalue weighted by Gasteiger charge is 2.25. The second-order valence-corrected chi connectivity index (χ2v) is 9.25. The van der Waals surface area contributed by atoms with Gasteiger partial charge in [-0.25, -0.2) is 4.98 Å². The van der Waals surface area contributed by atoms with Crippen molar-refractivity contribution < 1.29 is 9.90 Å². The zero-order chi connectivity index (χ0) is 24.4. The molecular weight excluding hydrogens is 410 g/mol. The smallest absolute Gasteiger partial charge is 0.220 e. The average Bonchev–Trinajstić information content (AvgIpc) is 3.30. The minimum Gasteiger partial charge on any atom is -0.394 e. The molecule has 33 heavy (non-hydrogen) atoms. The normalized spacial score (nSPS) is 14.7. The SMILES string of the molecule is CCC(Cn1ccnc1)C(C)(C)/C=C\C/C=C\C/C=C\C/C=C\CCCC(=O)N[C@H](C)CO. The van der Waals surface area contributed by atoms with Crippen molar-refractivity contribution in [2.24, 2.45) is 11.3 Å². The van der Waals surface area contributed by atoms with Gasteiger partial charge in [-0.15, -0.1) is 0 Å². The first-order chi connectivity index (χ1) is 15.9. The lowest BCUT2D eigenvalue weighted by molar-refractivity contribution is -0.122. The summed E-state index contributed by atoms with van der Waals surface area (Å²) in [6.45, 7) is 9.68. The Bertz CT molecular complexity index is 745. The number of rotatable bonds is 17. The van der Waals surface area contributed by atoms with Crippen molar-refractivity contribution >= 4 is 5.91 Å². The van der Waals surface area contributed by atoms with Gasteiger partial charge in [-0.05, 0) is 50.4 Å². The monoisotopic (exact) mass is 455 g/mol. The summed E-state index contributed by atoms with van der Waals surface area (Å²) in [6.07, 6.45) is 29.7. The molecule has 1 rings (SSSR count). The van der Waals surface area contributed by atoms with Crippen molar-refractivity contribution in [2.75, 3.05) is 6.61 Å². The number of unbranched alkanes of at least 4 members (excludes halogenated alkanes) is 1. The summed E-state index contributed by atoms with van der Waals surface area (Å²) in [4.78, 5) is 15.7. The summed E-state index contributed by atoms with van der Waals surface area (Å²) in [5.74, 6) is 0.588. The number of carbonyl (C=O) groups is 1. The first kappa shape index (κ1) is 28.6. The molecule has 0 saturated carbocycles. The van der Waals surface area contributed by atoms with E-state index in [0.717, 1.165) is 45.1 Å². The number of carbonyl (C=O) groups excluding carboxylic acids is 1. The Morgan fingerprint density at radius 1 is 1.09 bits per heavy atom. The highest BCUT2D eigenvalue weighted by atomic mass is 16.3. The first-order valence-corrected chi connectivity index (χ1v) is 12.4. The quantitative estimate of drug-likeness (QED) is 0.224. The third-order valence-electron chi connectivity index (χ3n) is 5.86. The molecule has 5 heteroatoms. The van der Waals surface area contributed by atoms with E-state index in [0.29, 0.717) is 12.3 Å². The molecule has 1 unspecified atom stereocenters. The van der Waals surface area contributed by atoms with Crippen LogP contribution >= 0.6 is 0 Å². The van der Waals surface area contributed by atoms with E-state index in [4.69, 9.17) is 5.11 Å². The molecule has 5 nitrogen and oxygen atoms in total. The molecule has 2 N–H and O–H groups in total. The fourth-order valence-electron chi connectivity index (χ4n) is 3.66. The third kappa shape index (κ3) is 13.7. The number of hydrogen-bond acceptors (Lipinski definition) is 3. The van der Waals surface area contributed by atoms with Crippen LogP contribution in [0.15, 0.2) is 67.3 Å². The fraction of sp³-hybridized carbons (Fsp3) is 0.571. The number of aliphatic hydroxyl groups is 1. The van der Waals surface area contributed by atoms with Gasteiger partial charge in [0.25, 0.3) is 0 Å². The first-order valence-electron chi connectivity index (χ1n) is 12.4. The van der Waals surface area contributed by atoms with Crippen molar-refractivity contribution in [3.05, 3.63) is 67.3 Å². The molecule has 1 aromatic heterocycles. The molecule has 0 aliphatic carbocycles. The van der Waals surface area contributed by atoms with Gasteiger partial charge in [-0.1, -0.05) is 75.8 Å². The van der Waals surface area contributed by atoms with Crippen LogP contribution < -0.4 is 5.32 Å². The van der Waals surface area contributed by atoms with Gasteiger partial charge in [0.05, 0.1) is 12.9 Å². The third-order valence-corrected chi connectivity index (χ3v) is 5.86. The van der Waals surface area contributed by atoms with Crippen LogP contribution in [0, 0.1) is 11.3 Å². The van der Waals surface area contributed by atoms with Crippen LogP contribution in [0.3, 0.4) is 0 Å². The van der Waals surface area contributed by atoms with E-state index < -0.39 is 0 Å². The summed E-state index contributed by atoms with van der Waals surface area (Å²) in [5, 5.41) is 11.7. The van der Waals surface area contributed by atoms with E-state index in [9.17, 15) is 4.79 Å². The maximum Gasteiger partial charge on any atom is 0.220 e. The number of nitrogens with one attached hydrogen (secondary N) is 1. The predicted octanol–water partition coefficient (Wildman–Crippen LogP) is 6.00. The van der Waals surface area contributed by atoms with E-state index in [-0.39, 0.29) is 24.0 Å². The molecule has 2 atom stereocenters. The van der Waals surface area contributed by atoms with Crippen molar-refractivity contribution in [1.82, 2.24) is 14.9 Å². The van der Waals surface area contributed by atoms with Crippen LogP contribution in [0.25, 0.3) is 0 Å². The highest BCUT2D eigenvalue weighted by molar-refractivity contribution is 5.76. The van der Waals surface area contributed by atoms with Crippen molar-refractivity contribution in [3.8, 4) is 0 Å². The Morgan fingerprint density at radius 3 is 2.30 bits per heavy atom. The molecule has 0 aliphatic rings. The minimum atomic E-state index is -0.165. The minimum absolute atomic E-state index is 0.00899. The Kier molecular flexibility index (Phi) is 14.9. The molecule has 0 radical (unpaired) electrons. The molecule has 0 saturated heterocycles. The van der Waals surface area contributed by atoms with Crippen molar-refractivity contribution in [3.63, 3.8) is 0 Å². The highest BCUT2D eigenvalue weighted by Crippen LogP contribution is 2.32. The van der Waals surface area contributed by atoms with Crippen LogP contribution in [-0.2, 0) is 11.3 Å². The topological polar surface area (TPSA) is 67.2 Å². The maximum absolute atomic E-state index is 11.6. The summed E-state index contributed by atoms with van der Waals surface area (Å²) in [5.41, 5.74) is 0.154. The number of aromatic nitrogens is 2. The van der Waals surface area contributed by atoms with Gasteiger partial charge in [0.15, 0.2) is 0 Å². The van der Waals surface area contributed by atoms with Gasteiger partial charge in [0.2, 0.25) is 5.91 Å². The van der Waals surface area contributed by atoms with Gasteiger partial charge >= 0.3 is 0 Å². The van der Waals surface area contributed by atoms with Gasteiger partial charge in [0.1, 0.15) is 0 Å². The molecular formula is C28H45N3O2. The lowest BCUT2D eigenvalue weighted by atomic mass is 9.77. The molecule has 0 aromatic carbocycles. The number of hydrogen-bond donors (Lipinski definition) is 2. The summed E-state index contributed by atoms with van der Waals surface area (Å²) in [6, 6.07) is -0.165. The maximum atomic E-state index is 11.6. The van der Waals surface area contributed by atoms with E-state index in [2.05, 4.69) is 84.2 Å². The summed E-state index contributed by atoms with van der Waals surface area (Å²) >= 11 is 0. The Balaban J connectivity index is 2.16. The van der Waals surface area contributed by atoms with Gasteiger partial charge in [-0.3, -0.25) is 4.79 Å². The van der Waals surface area contributed by atoms with Crippen molar-refractivity contribution in [2.45, 2.75) is 85.2 Å². The second kappa shape index (κ2) is 17.1. The molecule has 1 aromatic rings. The van der Waals surface area contributed by atoms with Crippen LogP contribution in [-0.4, -0.2) is 33.2 Å². The Hall–Kier alpha value is -2.40. The van der Waals surface area contributed by atoms with Gasteiger partial charge < -0.3 is 15.0 Å². The lowest BCUT2D eigenvalue weighted by Crippen LogP contribution is -2.34. The van der Waals surface area contributed by atoms with Crippen molar-refractivity contribution in [1.29, 1.82) is 0 Å². The van der Waals surface area contributed by atoms with Gasteiger partial charge in [-0.2, -0.15) is 0 Å². The number of nitrogens with zero attached hydrogens (tertiary/aromatic N) is 2. The zero-order valence-electron chi connectivity index (χ0n) is 21.1. The summed E-state index contributed by atoms with van der Waals surface area (Å²) in [7, 11) is 0. The number of imidazole rings is 1. The van der Waals surface area contributed by atoms with E-state index >= 15 is 0 Å². The predicted molar refractivity (Wildman–Crippen MR) is 139 cm³/mol. The largest absolute Gasteiger partial charge is 0.394 e. The molecule has 0 aliphatic heterocycles. The Labute approximate surface area is 201 Å².